The van der Waals surface area contributed by atoms with Crippen LogP contribution in [0.1, 0.15) is 33.6 Å². The van der Waals surface area contributed by atoms with Crippen LogP contribution in [0.25, 0.3) is 0 Å². The number of ether oxygens (including phenoxy) is 1. The molecule has 0 aromatic heterocycles. The van der Waals surface area contributed by atoms with Gasteiger partial charge in [0.1, 0.15) is 11.9 Å². The molecular weight excluding hydrogens is 285 g/mol. The highest BCUT2D eigenvalue weighted by molar-refractivity contribution is 7.87. The van der Waals surface area contributed by atoms with Crippen LogP contribution in [-0.2, 0) is 19.0 Å². The third-order valence-electron chi connectivity index (χ3n) is 3.35. The van der Waals surface area contributed by atoms with Gasteiger partial charge >= 0.3 is 15.6 Å². The summed E-state index contributed by atoms with van der Waals surface area (Å²) >= 11 is 0. The lowest BCUT2D eigenvalue weighted by atomic mass is 9.84. The van der Waals surface area contributed by atoms with E-state index >= 15 is 0 Å². The van der Waals surface area contributed by atoms with Gasteiger partial charge < -0.3 is 8.92 Å². The van der Waals surface area contributed by atoms with Crippen LogP contribution in [0.2, 0.25) is 0 Å². The Morgan fingerprint density at radius 1 is 1.37 bits per heavy atom. The minimum atomic E-state index is -5.68. The lowest BCUT2D eigenvalue weighted by molar-refractivity contribution is -0.132. The van der Waals surface area contributed by atoms with Crippen LogP contribution in [0.3, 0.4) is 0 Å². The van der Waals surface area contributed by atoms with Gasteiger partial charge in [-0.3, -0.25) is 0 Å². The van der Waals surface area contributed by atoms with E-state index in [4.69, 9.17) is 4.74 Å². The molecule has 1 fully saturated rings. The largest absolute Gasteiger partial charge is 0.534 e. The summed E-state index contributed by atoms with van der Waals surface area (Å²) in [5.41, 5.74) is -6.04. The Morgan fingerprint density at radius 2 is 1.89 bits per heavy atom. The van der Waals surface area contributed by atoms with E-state index in [1.807, 2.05) is 6.92 Å². The van der Waals surface area contributed by atoms with Crippen LogP contribution in [0.5, 0.6) is 0 Å². The van der Waals surface area contributed by atoms with Crippen molar-refractivity contribution in [2.24, 2.45) is 5.92 Å². The molecule has 0 amide bonds. The molecule has 8 heteroatoms. The van der Waals surface area contributed by atoms with Crippen molar-refractivity contribution in [3.8, 4) is 0 Å². The highest BCUT2D eigenvalue weighted by Crippen LogP contribution is 2.37. The zero-order chi connectivity index (χ0) is 15.1. The van der Waals surface area contributed by atoms with Crippen LogP contribution in [0, 0.1) is 5.92 Å². The fraction of sp³-hybridized carbons (Fsp3) is 0.818. The van der Waals surface area contributed by atoms with Crippen LogP contribution in [0.4, 0.5) is 13.2 Å². The molecule has 2 atom stereocenters. The van der Waals surface area contributed by atoms with E-state index in [1.165, 1.54) is 0 Å². The Hall–Kier alpha value is -0.760. The van der Waals surface area contributed by atoms with Gasteiger partial charge in [0, 0.05) is 0 Å². The SMILES string of the molecule is C=C(OS(=O)(=O)C(F)(F)F)[C@@H]1CC[C@H](C)C(C)(C)O1. The fourth-order valence-electron chi connectivity index (χ4n) is 1.76. The maximum Gasteiger partial charge on any atom is 0.534 e. The molecule has 0 N–H and O–H groups in total. The molecule has 1 aliphatic heterocycles. The number of hydrogen-bond donors (Lipinski definition) is 0. The first-order valence-electron chi connectivity index (χ1n) is 5.74. The second-order valence-electron chi connectivity index (χ2n) is 5.14. The third-order valence-corrected chi connectivity index (χ3v) is 4.35. The maximum atomic E-state index is 12.2. The molecule has 0 unspecified atom stereocenters. The molecule has 0 saturated carbocycles. The van der Waals surface area contributed by atoms with Gasteiger partial charge in [0.25, 0.3) is 0 Å². The Kier molecular flexibility index (Phi) is 4.26. The standard InChI is InChI=1S/C11H17F3O4S/c1-7-5-6-9(17-10(7,3)4)8(2)18-19(15,16)11(12,13)14/h7,9H,2,5-6H2,1,3-4H3/t7-,9-/m0/s1. The minimum Gasteiger partial charge on any atom is -0.378 e. The summed E-state index contributed by atoms with van der Waals surface area (Å²) in [5, 5.41) is 0. The Labute approximate surface area is 110 Å². The van der Waals surface area contributed by atoms with Crippen molar-refractivity contribution in [3.63, 3.8) is 0 Å². The molecule has 4 nitrogen and oxygen atoms in total. The van der Waals surface area contributed by atoms with E-state index in [0.717, 1.165) is 0 Å². The normalized spacial score (nSPS) is 27.9. The van der Waals surface area contributed by atoms with Crippen molar-refractivity contribution in [1.29, 1.82) is 0 Å². The number of hydrogen-bond acceptors (Lipinski definition) is 4. The summed E-state index contributed by atoms with van der Waals surface area (Å²) in [6.07, 6.45) is 0.200. The van der Waals surface area contributed by atoms with E-state index in [2.05, 4.69) is 10.8 Å². The molecule has 0 aliphatic carbocycles. The van der Waals surface area contributed by atoms with Gasteiger partial charge in [-0.05, 0) is 32.6 Å². The van der Waals surface area contributed by atoms with Crippen molar-refractivity contribution in [2.75, 3.05) is 0 Å². The average Bonchev–Trinajstić information content (AvgIpc) is 2.19. The molecular formula is C11H17F3O4S. The summed E-state index contributed by atoms with van der Waals surface area (Å²) in [6.45, 7) is 8.77. The molecule has 0 aromatic carbocycles. The number of rotatable bonds is 3. The summed E-state index contributed by atoms with van der Waals surface area (Å²) in [4.78, 5) is 0. The van der Waals surface area contributed by atoms with Crippen molar-refractivity contribution < 1.29 is 30.5 Å². The Balaban J connectivity index is 2.76. The summed E-state index contributed by atoms with van der Waals surface area (Å²) in [6, 6.07) is 0. The van der Waals surface area contributed by atoms with E-state index < -0.39 is 33.1 Å². The molecule has 0 aromatic rings. The van der Waals surface area contributed by atoms with Gasteiger partial charge in [0.05, 0.1) is 5.60 Å². The van der Waals surface area contributed by atoms with Crippen LogP contribution in [0.15, 0.2) is 12.3 Å². The molecule has 1 rings (SSSR count). The molecule has 0 bridgehead atoms. The molecule has 0 radical (unpaired) electrons. The van der Waals surface area contributed by atoms with E-state index in [0.29, 0.717) is 12.8 Å². The van der Waals surface area contributed by atoms with Crippen molar-refractivity contribution in [1.82, 2.24) is 0 Å². The fourth-order valence-corrected chi connectivity index (χ4v) is 2.24. The highest BCUT2D eigenvalue weighted by Gasteiger charge is 2.49. The van der Waals surface area contributed by atoms with Crippen LogP contribution >= 0.6 is 0 Å². The quantitative estimate of drug-likeness (QED) is 0.457. The maximum absolute atomic E-state index is 12.2. The zero-order valence-electron chi connectivity index (χ0n) is 11.0. The van der Waals surface area contributed by atoms with Gasteiger partial charge in [-0.2, -0.15) is 21.6 Å². The molecule has 1 aliphatic rings. The van der Waals surface area contributed by atoms with Crippen molar-refractivity contribution >= 4 is 10.1 Å². The van der Waals surface area contributed by atoms with Gasteiger partial charge in [-0.1, -0.05) is 13.5 Å². The molecule has 112 valence electrons. The van der Waals surface area contributed by atoms with Gasteiger partial charge in [-0.15, -0.1) is 0 Å². The van der Waals surface area contributed by atoms with Crippen molar-refractivity contribution in [2.45, 2.75) is 50.8 Å². The summed E-state index contributed by atoms with van der Waals surface area (Å²) in [5.74, 6) is -0.326. The second kappa shape index (κ2) is 4.97. The first-order valence-corrected chi connectivity index (χ1v) is 7.15. The predicted molar refractivity (Wildman–Crippen MR) is 62.5 cm³/mol. The Bertz CT molecular complexity index is 453. The van der Waals surface area contributed by atoms with Gasteiger partial charge in [0.15, 0.2) is 0 Å². The van der Waals surface area contributed by atoms with Crippen molar-refractivity contribution in [3.05, 3.63) is 12.3 Å². The van der Waals surface area contributed by atoms with Gasteiger partial charge in [-0.25, -0.2) is 0 Å². The number of alkyl halides is 3. The lowest BCUT2D eigenvalue weighted by Gasteiger charge is -2.41. The molecule has 1 heterocycles. The minimum absolute atomic E-state index is 0.204. The Morgan fingerprint density at radius 3 is 2.32 bits per heavy atom. The zero-order valence-corrected chi connectivity index (χ0v) is 11.8. The van der Waals surface area contributed by atoms with E-state index in [9.17, 15) is 21.6 Å². The summed E-state index contributed by atoms with van der Waals surface area (Å²) in [7, 11) is -5.68. The highest BCUT2D eigenvalue weighted by atomic mass is 32.2. The third kappa shape index (κ3) is 3.62. The molecule has 1 saturated heterocycles. The van der Waals surface area contributed by atoms with Gasteiger partial charge in [0.2, 0.25) is 0 Å². The molecule has 19 heavy (non-hydrogen) atoms. The van der Waals surface area contributed by atoms with Crippen LogP contribution in [-0.4, -0.2) is 25.6 Å². The predicted octanol–water partition coefficient (Wildman–Crippen LogP) is 2.96. The molecule has 0 spiro atoms. The first-order chi connectivity index (χ1) is 8.37. The summed E-state index contributed by atoms with van der Waals surface area (Å²) < 4.78 is 67.8. The smallest absolute Gasteiger partial charge is 0.378 e. The first kappa shape index (κ1) is 16.3. The monoisotopic (exact) mass is 302 g/mol. The topological polar surface area (TPSA) is 52.6 Å². The van der Waals surface area contributed by atoms with E-state index in [1.54, 1.807) is 13.8 Å². The number of halogens is 3. The van der Waals surface area contributed by atoms with E-state index in [-0.39, 0.29) is 5.92 Å². The second-order valence-corrected chi connectivity index (χ2v) is 6.68. The lowest BCUT2D eigenvalue weighted by Crippen LogP contribution is -2.43. The average molecular weight is 302 g/mol. The van der Waals surface area contributed by atoms with Crippen LogP contribution < -0.4 is 0 Å².